The quantitative estimate of drug-likeness (QED) is 0.346. The molecule has 0 fully saturated rings. The molecule has 9 heavy (non-hydrogen) atoms. The summed E-state index contributed by atoms with van der Waals surface area (Å²) in [4.78, 5) is 7.25. The van der Waals surface area contributed by atoms with Crippen LogP contribution < -0.4 is 113 Å². The summed E-state index contributed by atoms with van der Waals surface area (Å²) in [5, 5.41) is 0. The van der Waals surface area contributed by atoms with Gasteiger partial charge in [-0.25, -0.2) is 0 Å². The Balaban J connectivity index is -0.000000000238. The van der Waals surface area contributed by atoms with Gasteiger partial charge in [-0.2, -0.15) is 0 Å². The van der Waals surface area contributed by atoms with Crippen LogP contribution in [0.1, 0.15) is 0 Å². The molecule has 0 aliphatic heterocycles. The van der Waals surface area contributed by atoms with E-state index in [-0.39, 0.29) is 134 Å². The topological polar surface area (TPSA) is 39.4 Å². The summed E-state index contributed by atoms with van der Waals surface area (Å²) < 4.78 is 0. The van der Waals surface area contributed by atoms with Gasteiger partial charge >= 0.3 is 51.4 Å². The summed E-state index contributed by atoms with van der Waals surface area (Å²) in [6.45, 7) is 0. The van der Waals surface area contributed by atoms with Crippen LogP contribution in [0.2, 0.25) is 0 Å². The van der Waals surface area contributed by atoms with Crippen molar-refractivity contribution in [1.29, 1.82) is 0 Å². The van der Waals surface area contributed by atoms with Crippen molar-refractivity contribution in [3.05, 3.63) is 10.5 Å². The summed E-state index contributed by atoms with van der Waals surface area (Å²) in [6.07, 6.45) is 0. The van der Waals surface area contributed by atoms with Gasteiger partial charge in [0.25, 0.3) is 0 Å². The van der Waals surface area contributed by atoms with Crippen LogP contribution >= 0.6 is 0 Å². The summed E-state index contributed by atoms with van der Waals surface area (Å²) in [5.41, 5.74) is 5.75. The van der Waals surface area contributed by atoms with E-state index in [0.29, 0.717) is 0 Å². The van der Waals surface area contributed by atoms with Crippen LogP contribution in [0.25, 0.3) is 5.59 Å². The van der Waals surface area contributed by atoms with Gasteiger partial charge < -0.3 is 72.5 Å². The molecule has 0 aliphatic rings. The predicted octanol–water partition coefficient (Wildman–Crippen LogP) is -17.7. The number of halogens is 5. The maximum atomic E-state index is 7.25. The first-order chi connectivity index (χ1) is 1.00. The van der Waals surface area contributed by atoms with Gasteiger partial charge in [-0.15, -0.1) is 0 Å². The van der Waals surface area contributed by atoms with Crippen LogP contribution in [0.3, 0.4) is 0 Å². The van der Waals surface area contributed by atoms with E-state index >= 15 is 0 Å². The third kappa shape index (κ3) is 88.8. The molecule has 0 aliphatic carbocycles. The second-order valence-corrected chi connectivity index (χ2v) is 0. The number of hydrogen-bond donors (Lipinski definition) is 0. The second kappa shape index (κ2) is 109. The first kappa shape index (κ1) is 84.3. The molecule has 61 valence electrons. The summed E-state index contributed by atoms with van der Waals surface area (Å²) in [5.74, 6) is 0. The molecule has 0 atom stereocenters. The minimum Gasteiger partial charge on any atom is -1.00 e. The zero-order valence-corrected chi connectivity index (χ0v) is 13.4. The first-order valence-corrected chi connectivity index (χ1v) is 0.183. The van der Waals surface area contributed by atoms with Crippen molar-refractivity contribution >= 4 is 0 Å². The molecule has 0 rings (SSSR count). The number of nitrogens with zero attached hydrogens (tertiary/aromatic N) is 1. The van der Waals surface area contributed by atoms with Gasteiger partial charge in [0.1, 0.15) is 0 Å². The molecule has 0 N–H and O–H groups in total. The van der Waals surface area contributed by atoms with Gasteiger partial charge in [0.15, 0.2) is 0 Å². The van der Waals surface area contributed by atoms with E-state index in [0.717, 1.165) is 0 Å². The average molecular weight is 439 g/mol. The zero-order valence-electron chi connectivity index (χ0n) is 4.08. The van der Waals surface area contributed by atoms with Gasteiger partial charge in [-0.1, -0.05) is 0 Å². The van der Waals surface area contributed by atoms with Crippen molar-refractivity contribution in [2.75, 3.05) is 0 Å². The van der Waals surface area contributed by atoms with Crippen molar-refractivity contribution in [3.8, 4) is 0 Å². The van der Waals surface area contributed by atoms with Crippen molar-refractivity contribution in [2.45, 2.75) is 0 Å². The normalized spacial score (nSPS) is 0.444. The predicted molar refractivity (Wildman–Crippen MR) is 6.73 cm³/mol. The molecular weight excluding hydrogens is 439 g/mol. The fourth-order valence-electron chi connectivity index (χ4n) is 0. The Morgan fingerprint density at radius 1 is 0.667 bits per heavy atom. The molecule has 0 aromatic carbocycles. The van der Waals surface area contributed by atoms with Crippen LogP contribution in [0.15, 0.2) is 0 Å². The largest absolute Gasteiger partial charge is 1.00 e. The molecular formula is Cl5IrKNO-5. The molecule has 0 amide bonds. The molecule has 2 nitrogen and oxygen atoms in total. The molecule has 0 aromatic rings. The minimum atomic E-state index is 0. The third-order valence-corrected chi connectivity index (χ3v) is 0. The molecule has 9 heteroatoms. The van der Waals surface area contributed by atoms with E-state index in [2.05, 4.69) is 0 Å². The SMILES string of the molecule is [Cl-].[Cl-].[Cl-].[Cl-].[Cl-].[Ir].[K+].[N-]=O. The van der Waals surface area contributed by atoms with Crippen LogP contribution in [0.5, 0.6) is 0 Å². The van der Waals surface area contributed by atoms with E-state index in [1.54, 1.807) is 0 Å². The zero-order chi connectivity index (χ0) is 2.00. The van der Waals surface area contributed by atoms with E-state index in [4.69, 9.17) is 10.5 Å². The summed E-state index contributed by atoms with van der Waals surface area (Å²) >= 11 is 0. The Bertz CT molecular complexity index is 16.9. The standard InChI is InChI=1S/5ClH.Ir.K.NO/c;;;;;;;1-2/h5*1H;;;/q;;;;;;+1;-1/p-5. The maximum absolute atomic E-state index is 7.25. The molecule has 1 radical (unpaired) electrons. The van der Waals surface area contributed by atoms with E-state index in [1.165, 1.54) is 0 Å². The van der Waals surface area contributed by atoms with Gasteiger partial charge in [0.05, 0.1) is 0 Å². The summed E-state index contributed by atoms with van der Waals surface area (Å²) in [7, 11) is 0. The van der Waals surface area contributed by atoms with E-state index in [9.17, 15) is 0 Å². The minimum absolute atomic E-state index is 0. The van der Waals surface area contributed by atoms with E-state index < -0.39 is 0 Å². The van der Waals surface area contributed by atoms with Crippen molar-refractivity contribution in [3.63, 3.8) is 0 Å². The maximum Gasteiger partial charge on any atom is 1.00 e. The van der Waals surface area contributed by atoms with Gasteiger partial charge in [0.2, 0.25) is 0 Å². The number of nitroso groups, excluding NO2 is 1. The Kier molecular flexibility index (Phi) is 1020. The molecule has 0 spiro atoms. The molecule has 0 unspecified atom stereocenters. The van der Waals surface area contributed by atoms with Crippen molar-refractivity contribution < 1.29 is 134 Å². The second-order valence-electron chi connectivity index (χ2n) is 0. The summed E-state index contributed by atoms with van der Waals surface area (Å²) in [6, 6.07) is 0. The van der Waals surface area contributed by atoms with Crippen LogP contribution in [0.4, 0.5) is 0 Å². The molecule has 0 heterocycles. The Morgan fingerprint density at radius 3 is 0.667 bits per heavy atom. The Hall–Kier alpha value is 3.34. The first-order valence-electron chi connectivity index (χ1n) is 0.183. The number of hydrogen-bond acceptors (Lipinski definition) is 1. The third-order valence-electron chi connectivity index (χ3n) is 0. The average Bonchev–Trinajstić information content (AvgIpc) is 1.00. The van der Waals surface area contributed by atoms with Gasteiger partial charge in [-0.3, -0.25) is 0 Å². The fraction of sp³-hybridized carbons (Fsp3) is 0. The monoisotopic (exact) mass is 437 g/mol. The van der Waals surface area contributed by atoms with E-state index in [1.807, 2.05) is 0 Å². The van der Waals surface area contributed by atoms with Crippen LogP contribution in [-0.2, 0) is 20.1 Å². The van der Waals surface area contributed by atoms with Gasteiger partial charge in [0, 0.05) is 20.1 Å². The fourth-order valence-corrected chi connectivity index (χ4v) is 0. The van der Waals surface area contributed by atoms with Gasteiger partial charge in [-0.05, 0) is 0 Å². The van der Waals surface area contributed by atoms with Crippen LogP contribution in [0, 0.1) is 4.91 Å². The van der Waals surface area contributed by atoms with Crippen molar-refractivity contribution in [2.24, 2.45) is 0 Å². The molecule has 0 aromatic heterocycles. The van der Waals surface area contributed by atoms with Crippen LogP contribution in [-0.4, -0.2) is 0 Å². The Labute approximate surface area is 141 Å². The smallest absolute Gasteiger partial charge is 1.00 e. The molecule has 0 bridgehead atoms. The van der Waals surface area contributed by atoms with Crippen molar-refractivity contribution in [1.82, 2.24) is 0 Å². The molecule has 0 saturated carbocycles. The number of rotatable bonds is 0. The molecule has 0 saturated heterocycles. The Morgan fingerprint density at radius 2 is 0.667 bits per heavy atom.